The van der Waals surface area contributed by atoms with Crippen LogP contribution in [-0.4, -0.2) is 54.7 Å². The van der Waals surface area contributed by atoms with E-state index in [9.17, 15) is 19.2 Å². The molecule has 0 saturated carbocycles. The molecule has 0 radical (unpaired) electrons. The Morgan fingerprint density at radius 3 is 2.44 bits per heavy atom. The van der Waals surface area contributed by atoms with Crippen molar-refractivity contribution in [2.45, 2.75) is 39.8 Å². The first-order valence-corrected chi connectivity index (χ1v) is 8.70. The van der Waals surface area contributed by atoms with E-state index in [1.807, 2.05) is 6.92 Å². The summed E-state index contributed by atoms with van der Waals surface area (Å²) < 4.78 is 9.02. The van der Waals surface area contributed by atoms with E-state index < -0.39 is 17.2 Å². The van der Waals surface area contributed by atoms with Gasteiger partial charge >= 0.3 is 11.7 Å². The van der Waals surface area contributed by atoms with Crippen molar-refractivity contribution in [3.8, 4) is 0 Å². The molecule has 0 aliphatic rings. The predicted octanol–water partition coefficient (Wildman–Crippen LogP) is -0.376. The molecule has 1 amide bonds. The number of nitrogens with zero attached hydrogens (tertiary/aromatic N) is 5. The number of imidazole rings is 1. The van der Waals surface area contributed by atoms with E-state index in [0.717, 1.165) is 4.57 Å². The van der Waals surface area contributed by atoms with Crippen molar-refractivity contribution in [3.05, 3.63) is 27.2 Å². The summed E-state index contributed by atoms with van der Waals surface area (Å²) in [6.07, 6.45) is 2.10. The molecule has 0 fully saturated rings. The maximum absolute atomic E-state index is 12.5. The van der Waals surface area contributed by atoms with Crippen LogP contribution in [0.1, 0.15) is 27.2 Å². The van der Waals surface area contributed by atoms with Gasteiger partial charge < -0.3 is 14.2 Å². The predicted molar refractivity (Wildman–Crippen MR) is 98.3 cm³/mol. The highest BCUT2D eigenvalue weighted by atomic mass is 16.5. The Bertz CT molecular complexity index is 970. The fourth-order valence-corrected chi connectivity index (χ4v) is 3.02. The Morgan fingerprint density at radius 1 is 1.22 bits per heavy atom. The molecule has 2 aromatic heterocycles. The number of ether oxygens (including phenoxy) is 1. The van der Waals surface area contributed by atoms with Crippen LogP contribution in [0.3, 0.4) is 0 Å². The van der Waals surface area contributed by atoms with Crippen molar-refractivity contribution in [2.75, 3.05) is 13.2 Å². The van der Waals surface area contributed by atoms with Gasteiger partial charge in [-0.15, -0.1) is 0 Å². The molecule has 148 valence electrons. The average molecular weight is 379 g/mol. The van der Waals surface area contributed by atoms with E-state index in [4.69, 9.17) is 4.74 Å². The highest BCUT2D eigenvalue weighted by Crippen LogP contribution is 2.10. The summed E-state index contributed by atoms with van der Waals surface area (Å²) in [6.45, 7) is 5.43. The lowest BCUT2D eigenvalue weighted by Gasteiger charge is -2.30. The molecule has 0 aliphatic heterocycles. The minimum atomic E-state index is -0.449. The molecule has 0 spiro atoms. The second kappa shape index (κ2) is 8.19. The van der Waals surface area contributed by atoms with Crippen LogP contribution in [0.2, 0.25) is 0 Å². The molecule has 0 aliphatic carbocycles. The molecule has 1 unspecified atom stereocenters. The lowest BCUT2D eigenvalue weighted by Crippen LogP contribution is -2.43. The van der Waals surface area contributed by atoms with E-state index in [2.05, 4.69) is 4.98 Å². The summed E-state index contributed by atoms with van der Waals surface area (Å²) in [7, 11) is 2.96. The third-order valence-corrected chi connectivity index (χ3v) is 4.59. The molecule has 27 heavy (non-hydrogen) atoms. The van der Waals surface area contributed by atoms with Crippen molar-refractivity contribution in [1.29, 1.82) is 0 Å². The largest absolute Gasteiger partial charge is 0.464 e. The van der Waals surface area contributed by atoms with Crippen molar-refractivity contribution in [2.24, 2.45) is 14.1 Å². The number of aromatic nitrogens is 4. The first-order valence-electron chi connectivity index (χ1n) is 8.70. The molecule has 0 bridgehead atoms. The Kier molecular flexibility index (Phi) is 6.19. The Hall–Kier alpha value is -2.91. The molecular formula is C17H25N5O5. The van der Waals surface area contributed by atoms with E-state index in [0.29, 0.717) is 30.7 Å². The van der Waals surface area contributed by atoms with Crippen LogP contribution in [0.4, 0.5) is 0 Å². The second-order valence-corrected chi connectivity index (χ2v) is 6.39. The number of hydrogen-bond acceptors (Lipinski definition) is 6. The third kappa shape index (κ3) is 4.09. The summed E-state index contributed by atoms with van der Waals surface area (Å²) in [5.41, 5.74) is -0.289. The number of rotatable bonds is 7. The average Bonchev–Trinajstić information content (AvgIpc) is 3.04. The SMILES string of the molecule is CCC(COC(C)=O)N(CCn1cnc2c1c(=O)n(C)c(=O)n2C)C(C)=O. The standard InChI is InChI=1S/C17H25N5O5/c1-6-13(9-27-12(3)24)22(11(2)23)8-7-21-10-18-15-14(21)16(25)20(5)17(26)19(15)4/h10,13H,6-9H2,1-5H3. The zero-order valence-corrected chi connectivity index (χ0v) is 16.3. The number of fused-ring (bicyclic) bond motifs is 1. The van der Waals surface area contributed by atoms with Crippen LogP contribution in [0.15, 0.2) is 15.9 Å². The maximum Gasteiger partial charge on any atom is 0.332 e. The molecule has 1 atom stereocenters. The normalized spacial score (nSPS) is 12.2. The minimum Gasteiger partial charge on any atom is -0.464 e. The summed E-state index contributed by atoms with van der Waals surface area (Å²) in [6, 6.07) is -0.256. The molecule has 2 aromatic rings. The molecule has 0 aromatic carbocycles. The Morgan fingerprint density at radius 2 is 1.89 bits per heavy atom. The van der Waals surface area contributed by atoms with Crippen LogP contribution in [0, 0.1) is 0 Å². The van der Waals surface area contributed by atoms with Gasteiger partial charge in [0.15, 0.2) is 11.2 Å². The lowest BCUT2D eigenvalue weighted by molar-refractivity contribution is -0.146. The zero-order chi connectivity index (χ0) is 20.3. The van der Waals surface area contributed by atoms with E-state index >= 15 is 0 Å². The number of carbonyl (C=O) groups excluding carboxylic acids is 2. The molecule has 2 heterocycles. The van der Waals surface area contributed by atoms with Gasteiger partial charge in [-0.3, -0.25) is 23.5 Å². The van der Waals surface area contributed by atoms with Crippen LogP contribution in [0.5, 0.6) is 0 Å². The van der Waals surface area contributed by atoms with Crippen LogP contribution in [-0.2, 0) is 35.0 Å². The van der Waals surface area contributed by atoms with Gasteiger partial charge in [-0.05, 0) is 6.42 Å². The van der Waals surface area contributed by atoms with Crippen molar-refractivity contribution < 1.29 is 14.3 Å². The summed E-state index contributed by atoms with van der Waals surface area (Å²) >= 11 is 0. The number of carbonyl (C=O) groups is 2. The van der Waals surface area contributed by atoms with Crippen molar-refractivity contribution >= 4 is 23.0 Å². The third-order valence-electron chi connectivity index (χ3n) is 4.59. The van der Waals surface area contributed by atoms with Gasteiger partial charge in [0.2, 0.25) is 5.91 Å². The minimum absolute atomic E-state index is 0.117. The molecular weight excluding hydrogens is 354 g/mol. The Labute approximate surface area is 156 Å². The van der Waals surface area contributed by atoms with Gasteiger partial charge in [0.1, 0.15) is 6.61 Å². The van der Waals surface area contributed by atoms with Gasteiger partial charge in [0.05, 0.1) is 12.4 Å². The topological polar surface area (TPSA) is 108 Å². The smallest absolute Gasteiger partial charge is 0.332 e. The molecule has 0 N–H and O–H groups in total. The summed E-state index contributed by atoms with van der Waals surface area (Å²) in [4.78, 5) is 53.4. The molecule has 2 rings (SSSR count). The van der Waals surface area contributed by atoms with Crippen LogP contribution < -0.4 is 11.2 Å². The first-order chi connectivity index (χ1) is 12.7. The van der Waals surface area contributed by atoms with Gasteiger partial charge in [-0.2, -0.15) is 0 Å². The highest BCUT2D eigenvalue weighted by molar-refractivity contribution is 5.74. The fraction of sp³-hybridized carbons (Fsp3) is 0.588. The second-order valence-electron chi connectivity index (χ2n) is 6.39. The number of hydrogen-bond donors (Lipinski definition) is 0. The fourth-order valence-electron chi connectivity index (χ4n) is 3.02. The van der Waals surface area contributed by atoms with Gasteiger partial charge in [-0.1, -0.05) is 6.92 Å². The highest BCUT2D eigenvalue weighted by Gasteiger charge is 2.21. The van der Waals surface area contributed by atoms with Crippen LogP contribution >= 0.6 is 0 Å². The number of amides is 1. The lowest BCUT2D eigenvalue weighted by atomic mass is 10.2. The van der Waals surface area contributed by atoms with Crippen LogP contribution in [0.25, 0.3) is 11.2 Å². The number of esters is 1. The molecule has 10 heteroatoms. The van der Waals surface area contributed by atoms with Gasteiger partial charge in [-0.25, -0.2) is 9.78 Å². The monoisotopic (exact) mass is 379 g/mol. The summed E-state index contributed by atoms with van der Waals surface area (Å²) in [5, 5.41) is 0. The Balaban J connectivity index is 2.30. The van der Waals surface area contributed by atoms with Gasteiger partial charge in [0, 0.05) is 41.0 Å². The number of aryl methyl sites for hydroxylation is 1. The van der Waals surface area contributed by atoms with E-state index in [1.54, 1.807) is 16.5 Å². The van der Waals surface area contributed by atoms with E-state index in [1.165, 1.54) is 31.8 Å². The molecule has 0 saturated heterocycles. The van der Waals surface area contributed by atoms with Crippen molar-refractivity contribution in [3.63, 3.8) is 0 Å². The van der Waals surface area contributed by atoms with Gasteiger partial charge in [0.25, 0.3) is 5.56 Å². The van der Waals surface area contributed by atoms with E-state index in [-0.39, 0.29) is 18.6 Å². The summed E-state index contributed by atoms with van der Waals surface area (Å²) in [5.74, 6) is -0.555. The molecule has 10 nitrogen and oxygen atoms in total. The maximum atomic E-state index is 12.5. The zero-order valence-electron chi connectivity index (χ0n) is 16.3. The first kappa shape index (κ1) is 20.4. The van der Waals surface area contributed by atoms with Crippen molar-refractivity contribution in [1.82, 2.24) is 23.6 Å². The quantitative estimate of drug-likeness (QED) is 0.607.